The van der Waals surface area contributed by atoms with Gasteiger partial charge in [-0.15, -0.1) is 0 Å². The summed E-state index contributed by atoms with van der Waals surface area (Å²) in [6.07, 6.45) is 1.07. The van der Waals surface area contributed by atoms with Crippen LogP contribution in [0.1, 0.15) is 31.1 Å². The normalized spacial score (nSPS) is 13.6. The van der Waals surface area contributed by atoms with E-state index in [0.29, 0.717) is 10.6 Å². The summed E-state index contributed by atoms with van der Waals surface area (Å²) >= 11 is 11.8. The van der Waals surface area contributed by atoms with Gasteiger partial charge in [-0.3, -0.25) is 14.4 Å². The molecule has 3 nitrogen and oxygen atoms in total. The van der Waals surface area contributed by atoms with Crippen molar-refractivity contribution in [1.82, 2.24) is 0 Å². The second kappa shape index (κ2) is 5.52. The van der Waals surface area contributed by atoms with Crippen molar-refractivity contribution in [3.05, 3.63) is 80.8 Å². The number of hydrogen-bond acceptors (Lipinski definition) is 3. The quantitative estimate of drug-likeness (QED) is 0.613. The average Bonchev–Trinajstić information content (AvgIpc) is 2.50. The number of ketones is 3. The molecule has 0 aromatic heterocycles. The molecule has 1 aliphatic carbocycles. The maximum atomic E-state index is 12.5. The number of allylic oxidation sites excluding steroid dienone is 2. The fraction of sp³-hybridized carbons (Fsp3) is 0. The Kier molecular flexibility index (Phi) is 3.69. The van der Waals surface area contributed by atoms with Crippen molar-refractivity contribution in [2.75, 3.05) is 0 Å². The molecular formula is C17H8Cl2O3. The van der Waals surface area contributed by atoms with Crippen LogP contribution in [0.3, 0.4) is 0 Å². The molecule has 1 aliphatic rings. The first-order chi connectivity index (χ1) is 10.5. The van der Waals surface area contributed by atoms with E-state index in [0.717, 1.165) is 6.08 Å². The molecule has 0 spiro atoms. The molecule has 0 atom stereocenters. The van der Waals surface area contributed by atoms with Crippen molar-refractivity contribution in [3.63, 3.8) is 0 Å². The van der Waals surface area contributed by atoms with Crippen molar-refractivity contribution in [2.45, 2.75) is 0 Å². The highest BCUT2D eigenvalue weighted by atomic mass is 35.5. The van der Waals surface area contributed by atoms with Crippen LogP contribution in [0.15, 0.2) is 54.1 Å². The molecule has 0 unspecified atom stereocenters. The maximum Gasteiger partial charge on any atom is 0.198 e. The zero-order chi connectivity index (χ0) is 15.9. The van der Waals surface area contributed by atoms with E-state index in [2.05, 4.69) is 0 Å². The minimum atomic E-state index is -0.588. The number of hydrogen-bond donors (Lipinski definition) is 0. The lowest BCUT2D eigenvalue weighted by Gasteiger charge is -2.14. The van der Waals surface area contributed by atoms with Crippen molar-refractivity contribution < 1.29 is 14.4 Å². The molecule has 0 heterocycles. The first-order valence-electron chi connectivity index (χ1n) is 6.38. The topological polar surface area (TPSA) is 51.2 Å². The smallest absolute Gasteiger partial charge is 0.198 e. The van der Waals surface area contributed by atoms with Gasteiger partial charge in [0.05, 0.1) is 10.6 Å². The number of rotatable bonds is 2. The Morgan fingerprint density at radius 2 is 1.59 bits per heavy atom. The van der Waals surface area contributed by atoms with Crippen LogP contribution in [0.5, 0.6) is 0 Å². The molecule has 22 heavy (non-hydrogen) atoms. The average molecular weight is 331 g/mol. The summed E-state index contributed by atoms with van der Waals surface area (Å²) in [5.74, 6) is -1.44. The molecule has 0 bridgehead atoms. The van der Waals surface area contributed by atoms with Gasteiger partial charge in [0.25, 0.3) is 0 Å². The number of Topliss-reactive ketones (excluding diaryl/α,β-unsaturated/α-hetero) is 2. The molecule has 0 amide bonds. The molecule has 2 aromatic carbocycles. The molecule has 0 N–H and O–H groups in total. The summed E-state index contributed by atoms with van der Waals surface area (Å²) in [4.78, 5) is 37.1. The second-order valence-corrected chi connectivity index (χ2v) is 5.59. The molecule has 108 valence electrons. The van der Waals surface area contributed by atoms with Gasteiger partial charge in [-0.1, -0.05) is 47.5 Å². The van der Waals surface area contributed by atoms with Gasteiger partial charge in [-0.25, -0.2) is 0 Å². The SMILES string of the molecule is O=C(C1=CC(=O)c2ccccc2C1=O)c1ccc(Cl)cc1Cl. The van der Waals surface area contributed by atoms with E-state index in [1.54, 1.807) is 18.2 Å². The van der Waals surface area contributed by atoms with E-state index in [4.69, 9.17) is 23.2 Å². The Morgan fingerprint density at radius 1 is 0.909 bits per heavy atom. The lowest BCUT2D eigenvalue weighted by Crippen LogP contribution is -2.22. The van der Waals surface area contributed by atoms with E-state index in [9.17, 15) is 14.4 Å². The van der Waals surface area contributed by atoms with Crippen molar-refractivity contribution in [3.8, 4) is 0 Å². The molecule has 0 aliphatic heterocycles. The summed E-state index contributed by atoms with van der Waals surface area (Å²) in [6, 6.07) is 10.8. The van der Waals surface area contributed by atoms with E-state index in [-0.39, 0.29) is 27.5 Å². The molecule has 0 saturated heterocycles. The number of fused-ring (bicyclic) bond motifs is 1. The van der Waals surface area contributed by atoms with Crippen LogP contribution < -0.4 is 0 Å². The molecule has 0 fully saturated rings. The fourth-order valence-corrected chi connectivity index (χ4v) is 2.80. The van der Waals surface area contributed by atoms with Gasteiger partial charge in [-0.05, 0) is 18.2 Å². The van der Waals surface area contributed by atoms with Gasteiger partial charge >= 0.3 is 0 Å². The lowest BCUT2D eigenvalue weighted by atomic mass is 9.86. The molecule has 3 rings (SSSR count). The van der Waals surface area contributed by atoms with E-state index in [1.165, 1.54) is 24.3 Å². The Bertz CT molecular complexity index is 866. The van der Waals surface area contributed by atoms with Crippen LogP contribution >= 0.6 is 23.2 Å². The molecular weight excluding hydrogens is 323 g/mol. The number of halogens is 2. The third-order valence-corrected chi connectivity index (χ3v) is 3.93. The second-order valence-electron chi connectivity index (χ2n) is 4.75. The van der Waals surface area contributed by atoms with Gasteiger partial charge in [0, 0.05) is 27.8 Å². The summed E-state index contributed by atoms with van der Waals surface area (Å²) in [5, 5.41) is 0.518. The zero-order valence-electron chi connectivity index (χ0n) is 11.1. The summed E-state index contributed by atoms with van der Waals surface area (Å²) in [6.45, 7) is 0. The maximum absolute atomic E-state index is 12.5. The summed E-state index contributed by atoms with van der Waals surface area (Å²) < 4.78 is 0. The number of carbonyl (C=O) groups is 3. The molecule has 0 saturated carbocycles. The van der Waals surface area contributed by atoms with E-state index >= 15 is 0 Å². The van der Waals surface area contributed by atoms with Crippen LogP contribution in [0.25, 0.3) is 0 Å². The Hall–Kier alpha value is -2.23. The standard InChI is InChI=1S/C17H8Cl2O3/c18-9-5-6-12(14(19)7-9)17(22)13-8-15(20)10-3-1-2-4-11(10)16(13)21/h1-8H. The summed E-state index contributed by atoms with van der Waals surface area (Å²) in [7, 11) is 0. The monoisotopic (exact) mass is 330 g/mol. The van der Waals surface area contributed by atoms with Gasteiger partial charge in [0.15, 0.2) is 17.3 Å². The van der Waals surface area contributed by atoms with Crippen LogP contribution in [-0.2, 0) is 0 Å². The Morgan fingerprint density at radius 3 is 2.27 bits per heavy atom. The minimum absolute atomic E-state index is 0.137. The van der Waals surface area contributed by atoms with Gasteiger partial charge < -0.3 is 0 Å². The summed E-state index contributed by atoms with van der Waals surface area (Å²) in [5.41, 5.74) is 0.473. The molecule has 5 heteroatoms. The van der Waals surface area contributed by atoms with Crippen molar-refractivity contribution in [1.29, 1.82) is 0 Å². The van der Waals surface area contributed by atoms with E-state index in [1.807, 2.05) is 0 Å². The third kappa shape index (κ3) is 2.39. The van der Waals surface area contributed by atoms with Gasteiger partial charge in [0.1, 0.15) is 0 Å². The highest BCUT2D eigenvalue weighted by Crippen LogP contribution is 2.27. The third-order valence-electron chi connectivity index (χ3n) is 3.38. The van der Waals surface area contributed by atoms with Crippen LogP contribution in [0.4, 0.5) is 0 Å². The predicted octanol–water partition coefficient (Wildman–Crippen LogP) is 4.18. The minimum Gasteiger partial charge on any atom is -0.289 e. The van der Waals surface area contributed by atoms with Crippen LogP contribution in [0, 0.1) is 0 Å². The van der Waals surface area contributed by atoms with Gasteiger partial charge in [-0.2, -0.15) is 0 Å². The van der Waals surface area contributed by atoms with Crippen LogP contribution in [0.2, 0.25) is 10.0 Å². The largest absolute Gasteiger partial charge is 0.289 e. The highest BCUT2D eigenvalue weighted by molar-refractivity contribution is 6.42. The lowest BCUT2D eigenvalue weighted by molar-refractivity contribution is 0.0935. The Balaban J connectivity index is 2.08. The van der Waals surface area contributed by atoms with Crippen LogP contribution in [-0.4, -0.2) is 17.3 Å². The highest BCUT2D eigenvalue weighted by Gasteiger charge is 2.30. The van der Waals surface area contributed by atoms with E-state index < -0.39 is 11.6 Å². The van der Waals surface area contributed by atoms with Crippen molar-refractivity contribution in [2.24, 2.45) is 0 Å². The zero-order valence-corrected chi connectivity index (χ0v) is 12.6. The first-order valence-corrected chi connectivity index (χ1v) is 7.14. The number of carbonyl (C=O) groups excluding carboxylic acids is 3. The Labute approximate surface area is 136 Å². The molecule has 0 radical (unpaired) electrons. The van der Waals surface area contributed by atoms with Gasteiger partial charge in [0.2, 0.25) is 0 Å². The number of benzene rings is 2. The predicted molar refractivity (Wildman–Crippen MR) is 84.0 cm³/mol. The fourth-order valence-electron chi connectivity index (χ4n) is 2.30. The first kappa shape index (κ1) is 14.7. The van der Waals surface area contributed by atoms with Crippen molar-refractivity contribution >= 4 is 40.6 Å². The molecule has 2 aromatic rings.